The molecule has 0 radical (unpaired) electrons. The van der Waals surface area contributed by atoms with E-state index in [0.717, 1.165) is 0 Å². The molecule has 0 heterocycles. The number of esters is 3. The van der Waals surface area contributed by atoms with E-state index in [1.807, 2.05) is 0 Å². The molecule has 0 aromatic carbocycles. The highest BCUT2D eigenvalue weighted by Crippen LogP contribution is 1.98. The van der Waals surface area contributed by atoms with Crippen molar-refractivity contribution < 1.29 is 41.9 Å². The Hall–Kier alpha value is -2.27. The first-order valence-corrected chi connectivity index (χ1v) is 9.89. The van der Waals surface area contributed by atoms with Crippen molar-refractivity contribution in [2.24, 2.45) is 0 Å². The van der Waals surface area contributed by atoms with Gasteiger partial charge in [-0.1, -0.05) is 19.7 Å². The fraction of sp³-hybridized carbons (Fsp3) is 0.500. The summed E-state index contributed by atoms with van der Waals surface area (Å²) in [6.45, 7) is 15.1. The molecule has 0 atom stereocenters. The van der Waals surface area contributed by atoms with E-state index in [-0.39, 0.29) is 56.4 Å². The summed E-state index contributed by atoms with van der Waals surface area (Å²) < 4.78 is 31.1. The van der Waals surface area contributed by atoms with Crippen LogP contribution in [0.3, 0.4) is 0 Å². The van der Waals surface area contributed by atoms with Gasteiger partial charge in [-0.3, -0.25) is 0 Å². The van der Waals surface area contributed by atoms with Crippen molar-refractivity contribution >= 4 is 27.4 Å². The second-order valence-corrected chi connectivity index (χ2v) is 7.23. The summed E-state index contributed by atoms with van der Waals surface area (Å²) in [5, 5.41) is 0. The van der Waals surface area contributed by atoms with Crippen LogP contribution in [-0.4, -0.2) is 67.1 Å². The number of rotatable bonds is 15. The number of carbonyl (C=O) groups excluding carboxylic acids is 3. The Kier molecular flexibility index (Phi) is 13.5. The molecule has 0 aromatic heterocycles. The van der Waals surface area contributed by atoms with Gasteiger partial charge in [-0.05, 0) is 20.8 Å². The Bertz CT molecular complexity index is 505. The Morgan fingerprint density at radius 2 is 0.821 bits per heavy atom. The zero-order chi connectivity index (χ0) is 21.5. The highest BCUT2D eigenvalue weighted by molar-refractivity contribution is 6.36. The largest absolute Gasteiger partial charge is 0.484 e. The molecule has 9 nitrogen and oxygen atoms in total. The Morgan fingerprint density at radius 1 is 0.571 bits per heavy atom. The zero-order valence-electron chi connectivity index (χ0n) is 16.6. The van der Waals surface area contributed by atoms with E-state index in [1.54, 1.807) is 0 Å². The molecule has 10 heteroatoms. The molecule has 0 aromatic rings. The quantitative estimate of drug-likeness (QED) is 0.128. The van der Waals surface area contributed by atoms with Gasteiger partial charge in [-0.15, -0.1) is 0 Å². The molecule has 158 valence electrons. The van der Waals surface area contributed by atoms with Crippen LogP contribution in [0, 0.1) is 0 Å². The first-order valence-electron chi connectivity index (χ1n) is 8.47. The Balaban J connectivity index is 4.28. The van der Waals surface area contributed by atoms with Crippen molar-refractivity contribution in [1.29, 1.82) is 0 Å². The van der Waals surface area contributed by atoms with Crippen LogP contribution in [0.25, 0.3) is 0 Å². The van der Waals surface area contributed by atoms with Crippen LogP contribution >= 0.6 is 0 Å². The fourth-order valence-electron chi connectivity index (χ4n) is 1.35. The lowest BCUT2D eigenvalue weighted by molar-refractivity contribution is -0.140. The van der Waals surface area contributed by atoms with Crippen molar-refractivity contribution in [1.82, 2.24) is 0 Å². The van der Waals surface area contributed by atoms with E-state index in [9.17, 15) is 14.4 Å². The van der Waals surface area contributed by atoms with Gasteiger partial charge in [0.2, 0.25) is 0 Å². The summed E-state index contributed by atoms with van der Waals surface area (Å²) in [7, 11) is -2.64. The van der Waals surface area contributed by atoms with Crippen LogP contribution in [0.2, 0.25) is 0 Å². The van der Waals surface area contributed by atoms with Gasteiger partial charge in [-0.25, -0.2) is 14.4 Å². The average molecular weight is 416 g/mol. The summed E-state index contributed by atoms with van der Waals surface area (Å²) in [6, 6.07) is 0. The average Bonchev–Trinajstić information content (AvgIpc) is 2.63. The number of carbonyl (C=O) groups is 3. The molecule has 0 N–H and O–H groups in total. The first-order chi connectivity index (χ1) is 13.1. The summed E-state index contributed by atoms with van der Waals surface area (Å²) in [6.07, 6.45) is 0. The highest BCUT2D eigenvalue weighted by atomic mass is 28.3. The normalized spacial score (nSPS) is 10.3. The molecule has 0 saturated heterocycles. The molecule has 0 aliphatic rings. The molecule has 0 spiro atoms. The Morgan fingerprint density at radius 3 is 1.04 bits per heavy atom. The van der Waals surface area contributed by atoms with Gasteiger partial charge in [0.15, 0.2) is 0 Å². The predicted octanol–water partition coefficient (Wildman–Crippen LogP) is 1.11. The van der Waals surface area contributed by atoms with Gasteiger partial charge in [0, 0.05) is 16.7 Å². The van der Waals surface area contributed by atoms with Crippen LogP contribution in [0.15, 0.2) is 36.5 Å². The third-order valence-corrected chi connectivity index (χ3v) is 4.28. The SMILES string of the molecule is C=C(C)C(=O)OCCO[SiH](OCCOC(=O)C(=C)C)OCCOC(=O)C(=C)C. The minimum Gasteiger partial charge on any atom is -0.460 e. The molecule has 0 amide bonds. The summed E-state index contributed by atoms with van der Waals surface area (Å²) in [4.78, 5) is 33.9. The van der Waals surface area contributed by atoms with E-state index in [2.05, 4.69) is 19.7 Å². The van der Waals surface area contributed by atoms with E-state index < -0.39 is 27.4 Å². The molecule has 0 saturated carbocycles. The van der Waals surface area contributed by atoms with Gasteiger partial charge in [0.25, 0.3) is 0 Å². The van der Waals surface area contributed by atoms with E-state index in [0.29, 0.717) is 0 Å². The van der Waals surface area contributed by atoms with Gasteiger partial charge in [0.05, 0.1) is 19.8 Å². The Labute approximate surface area is 166 Å². The summed E-state index contributed by atoms with van der Waals surface area (Å²) in [5.74, 6) is -1.58. The lowest BCUT2D eigenvalue weighted by atomic mass is 10.4. The predicted molar refractivity (Wildman–Crippen MR) is 102 cm³/mol. The van der Waals surface area contributed by atoms with Gasteiger partial charge in [-0.2, -0.15) is 0 Å². The monoisotopic (exact) mass is 416 g/mol. The van der Waals surface area contributed by atoms with Crippen LogP contribution in [0.5, 0.6) is 0 Å². The van der Waals surface area contributed by atoms with Gasteiger partial charge in [0.1, 0.15) is 19.8 Å². The maximum Gasteiger partial charge on any atom is 0.484 e. The highest BCUT2D eigenvalue weighted by Gasteiger charge is 2.17. The maximum absolute atomic E-state index is 11.3. The lowest BCUT2D eigenvalue weighted by Gasteiger charge is -2.17. The van der Waals surface area contributed by atoms with Gasteiger partial charge < -0.3 is 27.5 Å². The van der Waals surface area contributed by atoms with Crippen molar-refractivity contribution in [3.05, 3.63) is 36.5 Å². The summed E-state index contributed by atoms with van der Waals surface area (Å²) >= 11 is 0. The maximum atomic E-state index is 11.3. The molecule has 0 fully saturated rings. The smallest absolute Gasteiger partial charge is 0.460 e. The molecule has 0 aliphatic carbocycles. The molecular formula is C18H28O9Si. The third kappa shape index (κ3) is 13.0. The van der Waals surface area contributed by atoms with E-state index in [4.69, 9.17) is 27.5 Å². The van der Waals surface area contributed by atoms with Crippen LogP contribution in [0.4, 0.5) is 0 Å². The topological polar surface area (TPSA) is 107 Å². The second kappa shape index (κ2) is 14.7. The molecule has 0 aliphatic heterocycles. The van der Waals surface area contributed by atoms with Crippen molar-refractivity contribution in [3.8, 4) is 0 Å². The number of hydrogen-bond donors (Lipinski definition) is 0. The minimum atomic E-state index is -2.64. The molecule has 28 heavy (non-hydrogen) atoms. The lowest BCUT2D eigenvalue weighted by Crippen LogP contribution is -2.32. The number of hydrogen-bond acceptors (Lipinski definition) is 9. The van der Waals surface area contributed by atoms with Crippen LogP contribution in [0.1, 0.15) is 20.8 Å². The molecule has 0 rings (SSSR count). The second-order valence-electron chi connectivity index (χ2n) is 5.65. The van der Waals surface area contributed by atoms with Crippen molar-refractivity contribution in [2.45, 2.75) is 20.8 Å². The van der Waals surface area contributed by atoms with E-state index >= 15 is 0 Å². The summed E-state index contributed by atoms with van der Waals surface area (Å²) in [5.41, 5.74) is 0.833. The fourth-order valence-corrected chi connectivity index (χ4v) is 2.50. The standard InChI is InChI=1S/C18H28O9Si/c1-13(2)16(19)22-7-10-25-28(26-11-8-23-17(20)14(3)4)27-12-9-24-18(21)15(5)6/h28H,1,3,5,7-12H2,2,4,6H3. The molecule has 0 bridgehead atoms. The first kappa shape index (κ1) is 25.7. The molecule has 0 unspecified atom stereocenters. The number of ether oxygens (including phenoxy) is 3. The van der Waals surface area contributed by atoms with Gasteiger partial charge >= 0.3 is 27.4 Å². The minimum absolute atomic E-state index is 0.00277. The van der Waals surface area contributed by atoms with E-state index in [1.165, 1.54) is 20.8 Å². The van der Waals surface area contributed by atoms with Crippen molar-refractivity contribution in [3.63, 3.8) is 0 Å². The van der Waals surface area contributed by atoms with Crippen molar-refractivity contribution in [2.75, 3.05) is 39.6 Å². The zero-order valence-corrected chi connectivity index (χ0v) is 17.8. The third-order valence-electron chi connectivity index (χ3n) is 2.76. The van der Waals surface area contributed by atoms with Crippen LogP contribution < -0.4 is 0 Å². The van der Waals surface area contributed by atoms with Crippen LogP contribution in [-0.2, 0) is 41.9 Å². The molecular weight excluding hydrogens is 388 g/mol.